The SMILES string of the molecule is CCN1CCCC1CNC(=O)C1CC(c2ccccc2Cl)NN1. The van der Waals surface area contributed by atoms with Gasteiger partial charge in [0.05, 0.1) is 0 Å². The second kappa shape index (κ2) is 7.62. The highest BCUT2D eigenvalue weighted by Crippen LogP contribution is 2.28. The zero-order valence-corrected chi connectivity index (χ0v) is 14.3. The lowest BCUT2D eigenvalue weighted by Gasteiger charge is -2.23. The minimum absolute atomic E-state index is 0.0648. The van der Waals surface area contributed by atoms with Crippen LogP contribution in [-0.2, 0) is 4.79 Å². The maximum atomic E-state index is 12.4. The number of likely N-dealkylation sites (tertiary alicyclic amines) is 1. The maximum Gasteiger partial charge on any atom is 0.238 e. The number of hydrazine groups is 1. The van der Waals surface area contributed by atoms with Crippen molar-refractivity contribution in [3.8, 4) is 0 Å². The zero-order valence-electron chi connectivity index (χ0n) is 13.5. The first-order chi connectivity index (χ1) is 11.2. The van der Waals surface area contributed by atoms with Crippen LogP contribution in [0.5, 0.6) is 0 Å². The van der Waals surface area contributed by atoms with Crippen LogP contribution in [0.4, 0.5) is 0 Å². The van der Waals surface area contributed by atoms with Crippen molar-refractivity contribution >= 4 is 17.5 Å². The van der Waals surface area contributed by atoms with E-state index >= 15 is 0 Å². The monoisotopic (exact) mass is 336 g/mol. The molecule has 3 rings (SSSR count). The lowest BCUT2D eigenvalue weighted by Crippen LogP contribution is -2.47. The quantitative estimate of drug-likeness (QED) is 0.768. The number of halogens is 1. The average molecular weight is 337 g/mol. The van der Waals surface area contributed by atoms with Gasteiger partial charge < -0.3 is 5.32 Å². The molecule has 23 heavy (non-hydrogen) atoms. The fourth-order valence-corrected chi connectivity index (χ4v) is 3.84. The summed E-state index contributed by atoms with van der Waals surface area (Å²) in [6.45, 7) is 5.12. The van der Waals surface area contributed by atoms with E-state index in [0.717, 1.165) is 30.2 Å². The number of nitrogens with one attached hydrogen (secondary N) is 3. The molecule has 3 atom stereocenters. The minimum Gasteiger partial charge on any atom is -0.353 e. The Hall–Kier alpha value is -1.14. The molecule has 0 aromatic heterocycles. The molecule has 0 saturated carbocycles. The van der Waals surface area contributed by atoms with Gasteiger partial charge in [-0.3, -0.25) is 9.69 Å². The van der Waals surface area contributed by atoms with E-state index in [1.807, 2.05) is 24.3 Å². The Labute approximate surface area is 142 Å². The Morgan fingerprint density at radius 3 is 3.00 bits per heavy atom. The van der Waals surface area contributed by atoms with E-state index in [1.54, 1.807) is 0 Å². The van der Waals surface area contributed by atoms with Gasteiger partial charge in [0, 0.05) is 23.7 Å². The predicted octanol–water partition coefficient (Wildman–Crippen LogP) is 1.85. The Balaban J connectivity index is 1.51. The van der Waals surface area contributed by atoms with Crippen LogP contribution in [0, 0.1) is 0 Å². The standard InChI is InChI=1S/C17H25ClN4O/c1-2-22-9-5-6-12(22)11-19-17(23)16-10-15(20-21-16)13-7-3-4-8-14(13)18/h3-4,7-8,12,15-16,20-21H,2,5-6,9-11H2,1H3,(H,19,23). The van der Waals surface area contributed by atoms with Crippen molar-refractivity contribution < 1.29 is 4.79 Å². The van der Waals surface area contributed by atoms with Crippen LogP contribution < -0.4 is 16.2 Å². The van der Waals surface area contributed by atoms with Gasteiger partial charge in [0.2, 0.25) is 5.91 Å². The van der Waals surface area contributed by atoms with Crippen LogP contribution in [0.1, 0.15) is 37.8 Å². The molecule has 1 aromatic rings. The molecule has 6 heteroatoms. The lowest BCUT2D eigenvalue weighted by molar-refractivity contribution is -0.123. The number of hydrogen-bond acceptors (Lipinski definition) is 4. The maximum absolute atomic E-state index is 12.4. The van der Waals surface area contributed by atoms with E-state index in [9.17, 15) is 4.79 Å². The van der Waals surface area contributed by atoms with Gasteiger partial charge in [-0.05, 0) is 44.0 Å². The number of carbonyl (C=O) groups is 1. The number of likely N-dealkylation sites (N-methyl/N-ethyl adjacent to an activating group) is 1. The van der Waals surface area contributed by atoms with Gasteiger partial charge in [-0.2, -0.15) is 0 Å². The fourth-order valence-electron chi connectivity index (χ4n) is 3.57. The van der Waals surface area contributed by atoms with Crippen molar-refractivity contribution in [3.63, 3.8) is 0 Å². The van der Waals surface area contributed by atoms with Crippen LogP contribution in [0.15, 0.2) is 24.3 Å². The molecule has 126 valence electrons. The second-order valence-electron chi connectivity index (χ2n) is 6.32. The summed E-state index contributed by atoms with van der Waals surface area (Å²) in [6.07, 6.45) is 3.11. The van der Waals surface area contributed by atoms with Gasteiger partial charge in [0.15, 0.2) is 0 Å². The molecule has 1 aromatic carbocycles. The normalized spacial score (nSPS) is 28.2. The Morgan fingerprint density at radius 1 is 1.39 bits per heavy atom. The summed E-state index contributed by atoms with van der Waals surface area (Å²) in [5, 5.41) is 3.84. The number of rotatable bonds is 5. The molecule has 2 aliphatic rings. The number of amides is 1. The third-order valence-corrected chi connectivity index (χ3v) is 5.26. The molecule has 0 radical (unpaired) electrons. The molecule has 2 fully saturated rings. The molecular weight excluding hydrogens is 312 g/mol. The Kier molecular flexibility index (Phi) is 5.54. The first-order valence-electron chi connectivity index (χ1n) is 8.46. The van der Waals surface area contributed by atoms with Crippen LogP contribution in [0.25, 0.3) is 0 Å². The fraction of sp³-hybridized carbons (Fsp3) is 0.588. The van der Waals surface area contributed by atoms with E-state index in [2.05, 4.69) is 28.0 Å². The van der Waals surface area contributed by atoms with E-state index < -0.39 is 0 Å². The van der Waals surface area contributed by atoms with E-state index in [0.29, 0.717) is 12.5 Å². The van der Waals surface area contributed by atoms with Crippen molar-refractivity contribution in [1.82, 2.24) is 21.1 Å². The summed E-state index contributed by atoms with van der Waals surface area (Å²) in [5.41, 5.74) is 7.32. The van der Waals surface area contributed by atoms with E-state index in [-0.39, 0.29) is 18.0 Å². The summed E-state index contributed by atoms with van der Waals surface area (Å²) in [5.74, 6) is 0.0648. The molecular formula is C17H25ClN4O. The van der Waals surface area contributed by atoms with Crippen molar-refractivity contribution in [2.45, 2.75) is 44.3 Å². The van der Waals surface area contributed by atoms with Crippen molar-refractivity contribution in [3.05, 3.63) is 34.9 Å². The van der Waals surface area contributed by atoms with Crippen LogP contribution in [0.3, 0.4) is 0 Å². The summed E-state index contributed by atoms with van der Waals surface area (Å²) >= 11 is 6.24. The Morgan fingerprint density at radius 2 is 2.22 bits per heavy atom. The molecule has 0 bridgehead atoms. The number of carbonyl (C=O) groups excluding carboxylic acids is 1. The van der Waals surface area contributed by atoms with Gasteiger partial charge >= 0.3 is 0 Å². The minimum atomic E-state index is -0.215. The zero-order chi connectivity index (χ0) is 16.2. The van der Waals surface area contributed by atoms with Gasteiger partial charge in [0.25, 0.3) is 0 Å². The predicted molar refractivity (Wildman–Crippen MR) is 92.1 cm³/mol. The van der Waals surface area contributed by atoms with E-state index in [1.165, 1.54) is 12.8 Å². The molecule has 5 nitrogen and oxygen atoms in total. The van der Waals surface area contributed by atoms with Crippen LogP contribution in [0.2, 0.25) is 5.02 Å². The van der Waals surface area contributed by atoms with Gasteiger partial charge in [-0.1, -0.05) is 36.7 Å². The summed E-state index contributed by atoms with van der Waals surface area (Å²) < 4.78 is 0. The van der Waals surface area contributed by atoms with Crippen molar-refractivity contribution in [2.24, 2.45) is 0 Å². The van der Waals surface area contributed by atoms with Crippen molar-refractivity contribution in [1.29, 1.82) is 0 Å². The average Bonchev–Trinajstić information content (AvgIpc) is 3.22. The number of benzene rings is 1. The van der Waals surface area contributed by atoms with Gasteiger partial charge in [-0.25, -0.2) is 10.9 Å². The highest BCUT2D eigenvalue weighted by Gasteiger charge is 2.32. The summed E-state index contributed by atoms with van der Waals surface area (Å²) in [7, 11) is 0. The lowest BCUT2D eigenvalue weighted by atomic mass is 10.0. The summed E-state index contributed by atoms with van der Waals surface area (Å²) in [6, 6.07) is 8.10. The molecule has 3 N–H and O–H groups in total. The molecule has 1 amide bonds. The Bertz CT molecular complexity index is 553. The smallest absolute Gasteiger partial charge is 0.238 e. The molecule has 3 unspecified atom stereocenters. The molecule has 0 aliphatic carbocycles. The third-order valence-electron chi connectivity index (χ3n) is 4.92. The van der Waals surface area contributed by atoms with Crippen molar-refractivity contribution in [2.75, 3.05) is 19.6 Å². The van der Waals surface area contributed by atoms with Crippen LogP contribution in [-0.4, -0.2) is 42.5 Å². The topological polar surface area (TPSA) is 56.4 Å². The number of nitrogens with zero attached hydrogens (tertiary/aromatic N) is 1. The second-order valence-corrected chi connectivity index (χ2v) is 6.73. The van der Waals surface area contributed by atoms with Gasteiger partial charge in [-0.15, -0.1) is 0 Å². The van der Waals surface area contributed by atoms with E-state index in [4.69, 9.17) is 11.6 Å². The molecule has 0 spiro atoms. The molecule has 2 heterocycles. The molecule has 2 saturated heterocycles. The summed E-state index contributed by atoms with van der Waals surface area (Å²) in [4.78, 5) is 14.8. The highest BCUT2D eigenvalue weighted by atomic mass is 35.5. The largest absolute Gasteiger partial charge is 0.353 e. The van der Waals surface area contributed by atoms with Crippen LogP contribution >= 0.6 is 11.6 Å². The highest BCUT2D eigenvalue weighted by molar-refractivity contribution is 6.31. The number of hydrogen-bond donors (Lipinski definition) is 3. The first kappa shape index (κ1) is 16.7. The molecule has 2 aliphatic heterocycles. The van der Waals surface area contributed by atoms with Gasteiger partial charge in [0.1, 0.15) is 6.04 Å². The third kappa shape index (κ3) is 3.86. The first-order valence-corrected chi connectivity index (χ1v) is 8.84.